The molecule has 17 heavy (non-hydrogen) atoms. The van der Waals surface area contributed by atoms with E-state index in [0.29, 0.717) is 11.6 Å². The maximum Gasteiger partial charge on any atom is 0.290 e. The van der Waals surface area contributed by atoms with Crippen molar-refractivity contribution in [3.63, 3.8) is 0 Å². The number of aromatic nitrogens is 1. The van der Waals surface area contributed by atoms with E-state index in [2.05, 4.69) is 24.1 Å². The maximum atomic E-state index is 10.6. The van der Waals surface area contributed by atoms with Crippen LogP contribution in [-0.4, -0.2) is 22.5 Å². The second-order valence-corrected chi connectivity index (χ2v) is 4.28. The number of pyridine rings is 1. The molecule has 0 bridgehead atoms. The first-order valence-electron chi connectivity index (χ1n) is 5.88. The normalized spacial score (nSPS) is 12.4. The topological polar surface area (TPSA) is 68.1 Å². The van der Waals surface area contributed by atoms with Crippen molar-refractivity contribution in [2.75, 3.05) is 6.54 Å². The molecule has 5 nitrogen and oxygen atoms in total. The van der Waals surface area contributed by atoms with Gasteiger partial charge in [-0.3, -0.25) is 15.1 Å². The van der Waals surface area contributed by atoms with Gasteiger partial charge in [-0.25, -0.2) is 0 Å². The van der Waals surface area contributed by atoms with Gasteiger partial charge in [-0.15, -0.1) is 0 Å². The lowest BCUT2D eigenvalue weighted by Gasteiger charge is -2.12. The number of hydrogen-bond acceptors (Lipinski definition) is 4. The van der Waals surface area contributed by atoms with Crippen molar-refractivity contribution in [1.29, 1.82) is 0 Å². The highest BCUT2D eigenvalue weighted by molar-refractivity contribution is 5.37. The van der Waals surface area contributed by atoms with Crippen LogP contribution < -0.4 is 5.32 Å². The van der Waals surface area contributed by atoms with Crippen molar-refractivity contribution in [3.05, 3.63) is 33.6 Å². The van der Waals surface area contributed by atoms with Crippen molar-refractivity contribution in [2.45, 2.75) is 39.7 Å². The third kappa shape index (κ3) is 4.11. The summed E-state index contributed by atoms with van der Waals surface area (Å²) in [6, 6.07) is 2.13. The molecule has 0 aliphatic heterocycles. The first kappa shape index (κ1) is 13.6. The molecule has 0 amide bonds. The Labute approximate surface area is 101 Å². The number of nitrogens with one attached hydrogen (secondary N) is 1. The second kappa shape index (κ2) is 6.30. The van der Waals surface area contributed by atoms with Crippen LogP contribution >= 0.6 is 0 Å². The van der Waals surface area contributed by atoms with Gasteiger partial charge in [0.1, 0.15) is 6.20 Å². The number of nitrogens with zero attached hydrogens (tertiary/aromatic N) is 2. The fourth-order valence-electron chi connectivity index (χ4n) is 1.69. The van der Waals surface area contributed by atoms with Crippen LogP contribution in [0, 0.1) is 17.0 Å². The third-order valence-corrected chi connectivity index (χ3v) is 2.59. The Morgan fingerprint density at radius 2 is 2.29 bits per heavy atom. The van der Waals surface area contributed by atoms with Crippen LogP contribution in [0.2, 0.25) is 0 Å². The average Bonchev–Trinajstić information content (AvgIpc) is 2.26. The smallest absolute Gasteiger partial charge is 0.290 e. The van der Waals surface area contributed by atoms with Gasteiger partial charge in [0.15, 0.2) is 0 Å². The largest absolute Gasteiger partial charge is 0.314 e. The molecule has 94 valence electrons. The summed E-state index contributed by atoms with van der Waals surface area (Å²) >= 11 is 0. The molecule has 0 fully saturated rings. The molecule has 1 heterocycles. The molecule has 1 rings (SSSR count). The molecule has 0 aromatic carbocycles. The molecule has 0 aliphatic carbocycles. The van der Waals surface area contributed by atoms with E-state index in [0.717, 1.165) is 25.1 Å². The van der Waals surface area contributed by atoms with Crippen LogP contribution in [0.25, 0.3) is 0 Å². The molecule has 0 radical (unpaired) electrons. The lowest BCUT2D eigenvalue weighted by molar-refractivity contribution is -0.385. The Morgan fingerprint density at radius 1 is 1.59 bits per heavy atom. The first-order valence-corrected chi connectivity index (χ1v) is 5.88. The third-order valence-electron chi connectivity index (χ3n) is 2.59. The van der Waals surface area contributed by atoms with Crippen molar-refractivity contribution < 1.29 is 4.92 Å². The van der Waals surface area contributed by atoms with E-state index >= 15 is 0 Å². The molecular formula is C12H19N3O2. The molecule has 0 aliphatic rings. The molecule has 0 spiro atoms. The van der Waals surface area contributed by atoms with Crippen LogP contribution in [0.15, 0.2) is 12.3 Å². The van der Waals surface area contributed by atoms with Crippen molar-refractivity contribution >= 4 is 5.69 Å². The first-order chi connectivity index (χ1) is 8.04. The summed E-state index contributed by atoms with van der Waals surface area (Å²) in [4.78, 5) is 14.4. The Hall–Kier alpha value is -1.49. The van der Waals surface area contributed by atoms with Gasteiger partial charge >= 0.3 is 0 Å². The number of nitro groups is 1. The summed E-state index contributed by atoms with van der Waals surface area (Å²) in [5.74, 6) is 0. The van der Waals surface area contributed by atoms with E-state index in [4.69, 9.17) is 0 Å². The van der Waals surface area contributed by atoms with Gasteiger partial charge in [0.05, 0.1) is 4.92 Å². The fourth-order valence-corrected chi connectivity index (χ4v) is 1.69. The minimum Gasteiger partial charge on any atom is -0.314 e. The molecule has 1 aromatic rings. The van der Waals surface area contributed by atoms with Crippen molar-refractivity contribution in [1.82, 2.24) is 10.3 Å². The highest BCUT2D eigenvalue weighted by Crippen LogP contribution is 2.17. The minimum absolute atomic E-state index is 0.0860. The second-order valence-electron chi connectivity index (χ2n) is 4.28. The summed E-state index contributed by atoms with van der Waals surface area (Å²) in [6.45, 7) is 6.93. The molecule has 1 unspecified atom stereocenters. The minimum atomic E-state index is -0.398. The van der Waals surface area contributed by atoms with E-state index in [9.17, 15) is 10.1 Å². The Morgan fingerprint density at radius 3 is 2.82 bits per heavy atom. The lowest BCUT2D eigenvalue weighted by atomic mass is 10.1. The van der Waals surface area contributed by atoms with Gasteiger partial charge in [0, 0.05) is 23.7 Å². The van der Waals surface area contributed by atoms with Gasteiger partial charge in [-0.1, -0.05) is 6.92 Å². The molecular weight excluding hydrogens is 218 g/mol. The predicted octanol–water partition coefficient (Wildman–Crippen LogP) is 2.23. The van der Waals surface area contributed by atoms with Gasteiger partial charge < -0.3 is 5.32 Å². The number of hydrogen-bond donors (Lipinski definition) is 1. The number of aryl methyl sites for hydroxylation is 1. The highest BCUT2D eigenvalue weighted by atomic mass is 16.6. The SMILES string of the molecule is CCCNC(C)Cc1cc(C)c([N+](=O)[O-])cn1. The van der Waals surface area contributed by atoms with Gasteiger partial charge in [0.2, 0.25) is 0 Å². The van der Waals surface area contributed by atoms with E-state index in [1.165, 1.54) is 6.20 Å². The van der Waals surface area contributed by atoms with Crippen LogP contribution in [0.3, 0.4) is 0 Å². The van der Waals surface area contributed by atoms with E-state index in [1.807, 2.05) is 0 Å². The van der Waals surface area contributed by atoms with Crippen molar-refractivity contribution in [3.8, 4) is 0 Å². The molecule has 1 atom stereocenters. The maximum absolute atomic E-state index is 10.6. The summed E-state index contributed by atoms with van der Waals surface area (Å²) in [7, 11) is 0. The summed E-state index contributed by atoms with van der Waals surface area (Å²) in [5, 5.41) is 14.0. The summed E-state index contributed by atoms with van der Waals surface area (Å²) < 4.78 is 0. The quantitative estimate of drug-likeness (QED) is 0.608. The zero-order valence-corrected chi connectivity index (χ0v) is 10.6. The average molecular weight is 237 g/mol. The van der Waals surface area contributed by atoms with Crippen LogP contribution in [0.1, 0.15) is 31.5 Å². The molecule has 0 saturated carbocycles. The number of rotatable bonds is 6. The Balaban J connectivity index is 2.67. The van der Waals surface area contributed by atoms with Crippen molar-refractivity contribution in [2.24, 2.45) is 0 Å². The van der Waals surface area contributed by atoms with E-state index in [1.54, 1.807) is 13.0 Å². The van der Waals surface area contributed by atoms with Gasteiger partial charge in [-0.05, 0) is 32.9 Å². The monoisotopic (exact) mass is 237 g/mol. The Bertz CT molecular complexity index is 393. The molecule has 5 heteroatoms. The van der Waals surface area contributed by atoms with E-state index < -0.39 is 4.92 Å². The van der Waals surface area contributed by atoms with Crippen LogP contribution in [0.4, 0.5) is 5.69 Å². The van der Waals surface area contributed by atoms with Gasteiger partial charge in [-0.2, -0.15) is 0 Å². The summed E-state index contributed by atoms with van der Waals surface area (Å²) in [5.41, 5.74) is 1.65. The standard InChI is InChI=1S/C12H19N3O2/c1-4-5-13-10(3)7-11-6-9(2)12(8-14-11)15(16)17/h6,8,10,13H,4-5,7H2,1-3H3. The zero-order valence-electron chi connectivity index (χ0n) is 10.6. The molecule has 1 aromatic heterocycles. The predicted molar refractivity (Wildman–Crippen MR) is 67.1 cm³/mol. The van der Waals surface area contributed by atoms with E-state index in [-0.39, 0.29) is 5.69 Å². The molecule has 0 saturated heterocycles. The fraction of sp³-hybridized carbons (Fsp3) is 0.583. The Kier molecular flexibility index (Phi) is 5.03. The van der Waals surface area contributed by atoms with Crippen LogP contribution in [0.5, 0.6) is 0 Å². The van der Waals surface area contributed by atoms with Gasteiger partial charge in [0.25, 0.3) is 5.69 Å². The molecule has 1 N–H and O–H groups in total. The zero-order chi connectivity index (χ0) is 12.8. The summed E-state index contributed by atoms with van der Waals surface area (Å²) in [6.07, 6.45) is 3.23. The lowest BCUT2D eigenvalue weighted by Crippen LogP contribution is -2.29. The highest BCUT2D eigenvalue weighted by Gasteiger charge is 2.12. The van der Waals surface area contributed by atoms with Crippen LogP contribution in [-0.2, 0) is 6.42 Å².